The maximum absolute atomic E-state index is 6.12. The molecule has 96 valence electrons. The number of nitrogens with zero attached hydrogens (tertiary/aromatic N) is 2. The Kier molecular flexibility index (Phi) is 3.49. The van der Waals surface area contributed by atoms with Crippen molar-refractivity contribution in [1.29, 1.82) is 0 Å². The SMILES string of the molecule is CCOCC(C)(N)c1noc(C(C)C2CC2)n1. The van der Waals surface area contributed by atoms with Crippen molar-refractivity contribution in [1.82, 2.24) is 10.1 Å². The molecule has 2 N–H and O–H groups in total. The molecule has 1 aromatic rings. The first kappa shape index (κ1) is 12.5. The van der Waals surface area contributed by atoms with Crippen LogP contribution in [0.3, 0.4) is 0 Å². The minimum atomic E-state index is -0.680. The fourth-order valence-corrected chi connectivity index (χ4v) is 1.83. The first-order valence-corrected chi connectivity index (χ1v) is 6.25. The van der Waals surface area contributed by atoms with E-state index in [2.05, 4.69) is 17.1 Å². The summed E-state index contributed by atoms with van der Waals surface area (Å²) in [4.78, 5) is 4.41. The van der Waals surface area contributed by atoms with Crippen LogP contribution >= 0.6 is 0 Å². The Morgan fingerprint density at radius 2 is 2.29 bits per heavy atom. The van der Waals surface area contributed by atoms with Crippen LogP contribution in [0.2, 0.25) is 0 Å². The molecule has 0 aliphatic heterocycles. The standard InChI is InChI=1S/C12H21N3O2/c1-4-16-7-12(3,13)11-14-10(17-15-11)8(2)9-5-6-9/h8-9H,4-7,13H2,1-3H3. The van der Waals surface area contributed by atoms with Crippen LogP contribution in [0, 0.1) is 5.92 Å². The van der Waals surface area contributed by atoms with Gasteiger partial charge in [-0.1, -0.05) is 12.1 Å². The Bertz CT molecular complexity index is 372. The Balaban J connectivity index is 2.05. The van der Waals surface area contributed by atoms with Gasteiger partial charge in [0.05, 0.1) is 6.61 Å². The smallest absolute Gasteiger partial charge is 0.229 e. The predicted octanol–water partition coefficient (Wildman–Crippen LogP) is 1.79. The van der Waals surface area contributed by atoms with E-state index < -0.39 is 5.54 Å². The molecule has 1 fully saturated rings. The molecule has 0 saturated heterocycles. The lowest BCUT2D eigenvalue weighted by Gasteiger charge is -2.19. The Morgan fingerprint density at radius 1 is 1.59 bits per heavy atom. The molecule has 0 bridgehead atoms. The van der Waals surface area contributed by atoms with Gasteiger partial charge in [-0.25, -0.2) is 0 Å². The van der Waals surface area contributed by atoms with Gasteiger partial charge in [0.2, 0.25) is 5.89 Å². The van der Waals surface area contributed by atoms with Gasteiger partial charge in [0.25, 0.3) is 0 Å². The van der Waals surface area contributed by atoms with E-state index in [-0.39, 0.29) is 0 Å². The van der Waals surface area contributed by atoms with Crippen LogP contribution in [0.15, 0.2) is 4.52 Å². The number of aromatic nitrogens is 2. The lowest BCUT2D eigenvalue weighted by atomic mass is 10.0. The molecule has 5 nitrogen and oxygen atoms in total. The fraction of sp³-hybridized carbons (Fsp3) is 0.833. The van der Waals surface area contributed by atoms with E-state index >= 15 is 0 Å². The van der Waals surface area contributed by atoms with Gasteiger partial charge in [0.15, 0.2) is 5.82 Å². The predicted molar refractivity (Wildman–Crippen MR) is 63.5 cm³/mol. The summed E-state index contributed by atoms with van der Waals surface area (Å²) < 4.78 is 10.6. The molecule has 0 spiro atoms. The first-order chi connectivity index (χ1) is 8.04. The highest BCUT2D eigenvalue weighted by Crippen LogP contribution is 2.41. The second kappa shape index (κ2) is 4.74. The van der Waals surface area contributed by atoms with Crippen LogP contribution in [0.5, 0.6) is 0 Å². The minimum absolute atomic E-state index is 0.346. The largest absolute Gasteiger partial charge is 0.379 e. The van der Waals surface area contributed by atoms with Crippen molar-refractivity contribution in [3.8, 4) is 0 Å². The summed E-state index contributed by atoms with van der Waals surface area (Å²) in [6.45, 7) is 6.97. The van der Waals surface area contributed by atoms with Crippen LogP contribution in [-0.2, 0) is 10.3 Å². The Labute approximate surface area is 102 Å². The van der Waals surface area contributed by atoms with Crippen molar-refractivity contribution in [2.75, 3.05) is 13.2 Å². The normalized spacial score (nSPS) is 21.2. The van der Waals surface area contributed by atoms with Crippen molar-refractivity contribution in [2.45, 2.75) is 45.1 Å². The molecule has 0 radical (unpaired) electrons. The molecular formula is C12H21N3O2. The van der Waals surface area contributed by atoms with Gasteiger partial charge >= 0.3 is 0 Å². The van der Waals surface area contributed by atoms with Gasteiger partial charge in [0, 0.05) is 12.5 Å². The van der Waals surface area contributed by atoms with Crippen molar-refractivity contribution in [3.63, 3.8) is 0 Å². The molecule has 2 rings (SSSR count). The second-order valence-corrected chi connectivity index (χ2v) is 5.14. The summed E-state index contributed by atoms with van der Waals surface area (Å²) in [6.07, 6.45) is 2.52. The van der Waals surface area contributed by atoms with Gasteiger partial charge in [-0.15, -0.1) is 0 Å². The van der Waals surface area contributed by atoms with Gasteiger partial charge < -0.3 is 15.0 Å². The third-order valence-electron chi connectivity index (χ3n) is 3.28. The third-order valence-corrected chi connectivity index (χ3v) is 3.28. The number of hydrogen-bond donors (Lipinski definition) is 1. The van der Waals surface area contributed by atoms with E-state index in [1.807, 2.05) is 13.8 Å². The maximum Gasteiger partial charge on any atom is 0.229 e. The summed E-state index contributed by atoms with van der Waals surface area (Å²) in [5.41, 5.74) is 5.44. The van der Waals surface area contributed by atoms with E-state index in [1.54, 1.807) is 0 Å². The zero-order valence-corrected chi connectivity index (χ0v) is 10.8. The van der Waals surface area contributed by atoms with Gasteiger partial charge in [0.1, 0.15) is 5.54 Å². The zero-order valence-electron chi connectivity index (χ0n) is 10.8. The topological polar surface area (TPSA) is 74.2 Å². The lowest BCUT2D eigenvalue weighted by molar-refractivity contribution is 0.0962. The number of hydrogen-bond acceptors (Lipinski definition) is 5. The molecule has 1 aliphatic rings. The van der Waals surface area contributed by atoms with Gasteiger partial charge in [-0.05, 0) is 32.6 Å². The molecule has 1 saturated carbocycles. The Hall–Kier alpha value is -0.940. The Morgan fingerprint density at radius 3 is 2.88 bits per heavy atom. The molecule has 1 aliphatic carbocycles. The van der Waals surface area contributed by atoms with Gasteiger partial charge in [-0.3, -0.25) is 0 Å². The molecular weight excluding hydrogens is 218 g/mol. The van der Waals surface area contributed by atoms with Crippen LogP contribution in [0.1, 0.15) is 51.2 Å². The van der Waals surface area contributed by atoms with Crippen molar-refractivity contribution in [2.24, 2.45) is 11.7 Å². The summed E-state index contributed by atoms with van der Waals surface area (Å²) in [5.74, 6) is 2.29. The van der Waals surface area contributed by atoms with E-state index in [0.717, 1.165) is 0 Å². The van der Waals surface area contributed by atoms with Crippen molar-refractivity contribution in [3.05, 3.63) is 11.7 Å². The molecule has 2 unspecified atom stereocenters. The van der Waals surface area contributed by atoms with E-state index in [0.29, 0.717) is 36.8 Å². The highest BCUT2D eigenvalue weighted by Gasteiger charge is 2.34. The van der Waals surface area contributed by atoms with E-state index in [4.69, 9.17) is 15.0 Å². The highest BCUT2D eigenvalue weighted by molar-refractivity contribution is 5.05. The van der Waals surface area contributed by atoms with Crippen LogP contribution < -0.4 is 5.73 Å². The number of rotatable bonds is 6. The van der Waals surface area contributed by atoms with E-state index in [1.165, 1.54) is 12.8 Å². The molecule has 17 heavy (non-hydrogen) atoms. The highest BCUT2D eigenvalue weighted by atomic mass is 16.5. The number of nitrogens with two attached hydrogens (primary N) is 1. The summed E-state index contributed by atoms with van der Waals surface area (Å²) in [7, 11) is 0. The molecule has 5 heteroatoms. The molecule has 2 atom stereocenters. The van der Waals surface area contributed by atoms with Crippen LogP contribution in [-0.4, -0.2) is 23.4 Å². The summed E-state index contributed by atoms with van der Waals surface area (Å²) in [5, 5.41) is 3.98. The quantitative estimate of drug-likeness (QED) is 0.819. The average molecular weight is 239 g/mol. The van der Waals surface area contributed by atoms with Crippen LogP contribution in [0.25, 0.3) is 0 Å². The van der Waals surface area contributed by atoms with Crippen LogP contribution in [0.4, 0.5) is 0 Å². The summed E-state index contributed by atoms with van der Waals surface area (Å²) in [6, 6.07) is 0. The molecule has 1 heterocycles. The number of ether oxygens (including phenoxy) is 1. The average Bonchev–Trinajstić information content (AvgIpc) is 3.02. The summed E-state index contributed by atoms with van der Waals surface area (Å²) >= 11 is 0. The second-order valence-electron chi connectivity index (χ2n) is 5.14. The lowest BCUT2D eigenvalue weighted by Crippen LogP contribution is -2.39. The maximum atomic E-state index is 6.12. The first-order valence-electron chi connectivity index (χ1n) is 6.25. The molecule has 0 aromatic carbocycles. The third kappa shape index (κ3) is 2.84. The molecule has 0 amide bonds. The monoisotopic (exact) mass is 239 g/mol. The fourth-order valence-electron chi connectivity index (χ4n) is 1.83. The minimum Gasteiger partial charge on any atom is -0.379 e. The zero-order chi connectivity index (χ0) is 12.5. The van der Waals surface area contributed by atoms with Gasteiger partial charge in [-0.2, -0.15) is 4.98 Å². The van der Waals surface area contributed by atoms with Crippen molar-refractivity contribution < 1.29 is 9.26 Å². The van der Waals surface area contributed by atoms with Crippen molar-refractivity contribution >= 4 is 0 Å². The van der Waals surface area contributed by atoms with E-state index in [9.17, 15) is 0 Å². The molecule has 1 aromatic heterocycles.